The molecule has 0 bridgehead atoms. The van der Waals surface area contributed by atoms with E-state index in [0.717, 1.165) is 12.8 Å². The molecule has 1 rings (SSSR count). The van der Waals surface area contributed by atoms with Crippen LogP contribution in [0, 0.1) is 0 Å². The standard InChI is InChI=1S/C9H17N3O2/c1-7-3-2-6-12(7)9(14)8(13)11-5-4-10/h7H,2-6,10H2,1H3,(H,11,13). The molecule has 1 aliphatic heterocycles. The molecule has 1 aliphatic rings. The molecular formula is C9H17N3O2. The lowest BCUT2D eigenvalue weighted by atomic mass is 10.2. The van der Waals surface area contributed by atoms with Crippen molar-refractivity contribution in [2.45, 2.75) is 25.8 Å². The number of amides is 2. The normalized spacial score (nSPS) is 21.0. The van der Waals surface area contributed by atoms with E-state index in [1.807, 2.05) is 6.92 Å². The number of hydrogen-bond donors (Lipinski definition) is 2. The van der Waals surface area contributed by atoms with Crippen molar-refractivity contribution in [1.82, 2.24) is 10.2 Å². The lowest BCUT2D eigenvalue weighted by Crippen LogP contribution is -2.45. The molecular weight excluding hydrogens is 182 g/mol. The Morgan fingerprint density at radius 1 is 1.57 bits per heavy atom. The summed E-state index contributed by atoms with van der Waals surface area (Å²) < 4.78 is 0. The number of nitrogens with two attached hydrogens (primary N) is 1. The maximum absolute atomic E-state index is 11.5. The van der Waals surface area contributed by atoms with Gasteiger partial charge >= 0.3 is 11.8 Å². The number of hydrogen-bond acceptors (Lipinski definition) is 3. The maximum Gasteiger partial charge on any atom is 0.312 e. The summed E-state index contributed by atoms with van der Waals surface area (Å²) >= 11 is 0. The van der Waals surface area contributed by atoms with Crippen LogP contribution in [0.15, 0.2) is 0 Å². The van der Waals surface area contributed by atoms with Crippen LogP contribution < -0.4 is 11.1 Å². The summed E-state index contributed by atoms with van der Waals surface area (Å²) in [5, 5.41) is 2.47. The summed E-state index contributed by atoms with van der Waals surface area (Å²) in [5.74, 6) is -0.965. The first-order valence-corrected chi connectivity index (χ1v) is 4.95. The number of likely N-dealkylation sites (tertiary alicyclic amines) is 1. The van der Waals surface area contributed by atoms with Gasteiger partial charge in [-0.05, 0) is 19.8 Å². The number of rotatable bonds is 2. The highest BCUT2D eigenvalue weighted by atomic mass is 16.2. The second kappa shape index (κ2) is 4.95. The highest BCUT2D eigenvalue weighted by Crippen LogP contribution is 2.15. The van der Waals surface area contributed by atoms with Gasteiger partial charge in [0.2, 0.25) is 0 Å². The Kier molecular flexibility index (Phi) is 3.88. The SMILES string of the molecule is CC1CCCN1C(=O)C(=O)NCCN. The van der Waals surface area contributed by atoms with Crippen LogP contribution >= 0.6 is 0 Å². The Morgan fingerprint density at radius 2 is 2.29 bits per heavy atom. The van der Waals surface area contributed by atoms with Crippen molar-refractivity contribution >= 4 is 11.8 Å². The monoisotopic (exact) mass is 199 g/mol. The van der Waals surface area contributed by atoms with Crippen LogP contribution in [0.2, 0.25) is 0 Å². The Balaban J connectivity index is 2.43. The minimum atomic E-state index is -0.538. The van der Waals surface area contributed by atoms with Crippen LogP contribution in [0.25, 0.3) is 0 Å². The average Bonchev–Trinajstić information content (AvgIpc) is 2.59. The fourth-order valence-corrected chi connectivity index (χ4v) is 1.63. The van der Waals surface area contributed by atoms with E-state index in [1.165, 1.54) is 0 Å². The predicted octanol–water partition coefficient (Wildman–Crippen LogP) is -0.928. The van der Waals surface area contributed by atoms with Crippen LogP contribution in [0.4, 0.5) is 0 Å². The van der Waals surface area contributed by atoms with Crippen molar-refractivity contribution in [2.24, 2.45) is 5.73 Å². The summed E-state index contributed by atoms with van der Waals surface area (Å²) in [6.45, 7) is 3.36. The van der Waals surface area contributed by atoms with Gasteiger partial charge in [-0.25, -0.2) is 0 Å². The number of carbonyl (C=O) groups excluding carboxylic acids is 2. The molecule has 2 amide bonds. The van der Waals surface area contributed by atoms with Crippen molar-refractivity contribution in [3.05, 3.63) is 0 Å². The van der Waals surface area contributed by atoms with Crippen molar-refractivity contribution in [2.75, 3.05) is 19.6 Å². The zero-order chi connectivity index (χ0) is 10.6. The summed E-state index contributed by atoms with van der Waals surface area (Å²) in [7, 11) is 0. The average molecular weight is 199 g/mol. The minimum Gasteiger partial charge on any atom is -0.347 e. The fraction of sp³-hybridized carbons (Fsp3) is 0.778. The lowest BCUT2D eigenvalue weighted by Gasteiger charge is -2.20. The predicted molar refractivity (Wildman–Crippen MR) is 52.5 cm³/mol. The largest absolute Gasteiger partial charge is 0.347 e. The minimum absolute atomic E-state index is 0.186. The van der Waals surface area contributed by atoms with Gasteiger partial charge in [0.05, 0.1) is 0 Å². The summed E-state index contributed by atoms with van der Waals surface area (Å²) in [4.78, 5) is 24.4. The third-order valence-electron chi connectivity index (χ3n) is 2.44. The summed E-state index contributed by atoms with van der Waals surface area (Å²) in [6, 6.07) is 0.186. The van der Waals surface area contributed by atoms with Gasteiger partial charge in [-0.2, -0.15) is 0 Å². The first-order valence-electron chi connectivity index (χ1n) is 4.95. The lowest BCUT2D eigenvalue weighted by molar-refractivity contribution is -0.146. The highest BCUT2D eigenvalue weighted by molar-refractivity contribution is 6.35. The van der Waals surface area contributed by atoms with Crippen LogP contribution in [0.5, 0.6) is 0 Å². The van der Waals surface area contributed by atoms with Gasteiger partial charge in [-0.15, -0.1) is 0 Å². The third kappa shape index (κ3) is 2.45. The Bertz CT molecular complexity index is 230. The van der Waals surface area contributed by atoms with Crippen LogP contribution in [-0.4, -0.2) is 42.4 Å². The molecule has 0 aromatic heterocycles. The van der Waals surface area contributed by atoms with Crippen molar-refractivity contribution in [1.29, 1.82) is 0 Å². The smallest absolute Gasteiger partial charge is 0.312 e. The van der Waals surface area contributed by atoms with Gasteiger partial charge in [0.1, 0.15) is 0 Å². The molecule has 0 aromatic rings. The van der Waals surface area contributed by atoms with Crippen molar-refractivity contribution < 1.29 is 9.59 Å². The van der Waals surface area contributed by atoms with Crippen LogP contribution in [-0.2, 0) is 9.59 Å². The van der Waals surface area contributed by atoms with E-state index in [4.69, 9.17) is 5.73 Å². The number of nitrogens with one attached hydrogen (secondary N) is 1. The molecule has 0 radical (unpaired) electrons. The zero-order valence-electron chi connectivity index (χ0n) is 8.45. The van der Waals surface area contributed by atoms with E-state index >= 15 is 0 Å². The highest BCUT2D eigenvalue weighted by Gasteiger charge is 2.29. The number of nitrogens with zero attached hydrogens (tertiary/aromatic N) is 1. The Labute approximate surface area is 83.6 Å². The van der Waals surface area contributed by atoms with Gasteiger partial charge in [0.25, 0.3) is 0 Å². The molecule has 1 atom stereocenters. The van der Waals surface area contributed by atoms with Gasteiger partial charge < -0.3 is 16.0 Å². The van der Waals surface area contributed by atoms with Gasteiger partial charge in [-0.1, -0.05) is 0 Å². The molecule has 0 saturated carbocycles. The fourth-order valence-electron chi connectivity index (χ4n) is 1.63. The second-order valence-corrected chi connectivity index (χ2v) is 3.53. The third-order valence-corrected chi connectivity index (χ3v) is 2.44. The van der Waals surface area contributed by atoms with Crippen LogP contribution in [0.1, 0.15) is 19.8 Å². The van der Waals surface area contributed by atoms with E-state index in [1.54, 1.807) is 4.90 Å². The molecule has 1 saturated heterocycles. The second-order valence-electron chi connectivity index (χ2n) is 3.53. The van der Waals surface area contributed by atoms with E-state index in [2.05, 4.69) is 5.32 Å². The summed E-state index contributed by atoms with van der Waals surface area (Å²) in [5.41, 5.74) is 5.22. The van der Waals surface area contributed by atoms with E-state index in [-0.39, 0.29) is 6.04 Å². The van der Waals surface area contributed by atoms with E-state index in [9.17, 15) is 9.59 Å². The molecule has 5 heteroatoms. The van der Waals surface area contributed by atoms with E-state index in [0.29, 0.717) is 19.6 Å². The molecule has 1 heterocycles. The molecule has 0 aromatic carbocycles. The zero-order valence-corrected chi connectivity index (χ0v) is 8.45. The van der Waals surface area contributed by atoms with Crippen molar-refractivity contribution in [3.8, 4) is 0 Å². The molecule has 5 nitrogen and oxygen atoms in total. The van der Waals surface area contributed by atoms with Crippen LogP contribution in [0.3, 0.4) is 0 Å². The molecule has 14 heavy (non-hydrogen) atoms. The Hall–Kier alpha value is -1.10. The molecule has 1 unspecified atom stereocenters. The van der Waals surface area contributed by atoms with Gasteiger partial charge in [0, 0.05) is 25.7 Å². The molecule has 1 fully saturated rings. The molecule has 80 valence electrons. The number of carbonyl (C=O) groups is 2. The molecule has 3 N–H and O–H groups in total. The molecule has 0 aliphatic carbocycles. The van der Waals surface area contributed by atoms with E-state index < -0.39 is 11.8 Å². The first-order chi connectivity index (χ1) is 6.66. The van der Waals surface area contributed by atoms with Gasteiger partial charge in [-0.3, -0.25) is 9.59 Å². The maximum atomic E-state index is 11.5. The quantitative estimate of drug-likeness (QED) is 0.564. The van der Waals surface area contributed by atoms with Crippen molar-refractivity contribution in [3.63, 3.8) is 0 Å². The molecule has 0 spiro atoms. The first kappa shape index (κ1) is 11.0. The summed E-state index contributed by atoms with van der Waals surface area (Å²) in [6.07, 6.45) is 1.97. The Morgan fingerprint density at radius 3 is 2.79 bits per heavy atom. The van der Waals surface area contributed by atoms with Gasteiger partial charge in [0.15, 0.2) is 0 Å². The topological polar surface area (TPSA) is 75.4 Å².